The number of alkyl halides is 1. The molecule has 0 radical (unpaired) electrons. The first kappa shape index (κ1) is 28.2. The summed E-state index contributed by atoms with van der Waals surface area (Å²) in [7, 11) is 0. The fourth-order valence-corrected chi connectivity index (χ4v) is 9.77. The molecular formula is C36H36F3N5O3. The molecule has 3 aromatic carbocycles. The second-order valence-electron chi connectivity index (χ2n) is 14.5. The van der Waals surface area contributed by atoms with Gasteiger partial charge in [0, 0.05) is 31.6 Å². The molecule has 8 nitrogen and oxygen atoms in total. The predicted octanol–water partition coefficient (Wildman–Crippen LogP) is 5.58. The molecule has 5 atom stereocenters. The molecule has 47 heavy (non-hydrogen) atoms. The normalized spacial score (nSPS) is 29.2. The highest BCUT2D eigenvalue weighted by Gasteiger charge is 2.50. The molecule has 10 rings (SSSR count). The number of aryl methyl sites for hydroxylation is 2. The van der Waals surface area contributed by atoms with Crippen molar-refractivity contribution in [2.45, 2.75) is 81.2 Å². The van der Waals surface area contributed by atoms with Crippen LogP contribution < -0.4 is 19.7 Å². The van der Waals surface area contributed by atoms with Crippen molar-refractivity contribution in [2.24, 2.45) is 0 Å². The van der Waals surface area contributed by atoms with Gasteiger partial charge in [0.1, 0.15) is 36.5 Å². The number of nitrogens with zero attached hydrogens (tertiary/aromatic N) is 4. The molecule has 4 saturated heterocycles. The summed E-state index contributed by atoms with van der Waals surface area (Å²) in [5.74, 6) is -1.42. The smallest absolute Gasteiger partial charge is 0.319 e. The zero-order chi connectivity index (χ0) is 31.6. The highest BCUT2D eigenvalue weighted by Crippen LogP contribution is 2.49. The van der Waals surface area contributed by atoms with Crippen LogP contribution in [0.2, 0.25) is 0 Å². The Morgan fingerprint density at radius 2 is 1.98 bits per heavy atom. The van der Waals surface area contributed by atoms with Crippen molar-refractivity contribution >= 4 is 27.5 Å². The number of aromatic hydroxyl groups is 1. The number of anilines is 1. The molecule has 1 aliphatic carbocycles. The van der Waals surface area contributed by atoms with Crippen LogP contribution in [0.4, 0.5) is 19.0 Å². The molecular weight excluding hydrogens is 607 g/mol. The summed E-state index contributed by atoms with van der Waals surface area (Å²) in [4.78, 5) is 13.8. The van der Waals surface area contributed by atoms with Crippen LogP contribution in [0.25, 0.3) is 32.8 Å². The van der Waals surface area contributed by atoms with Crippen molar-refractivity contribution in [1.29, 1.82) is 0 Å². The molecule has 6 heterocycles. The standard InChI is InChI=1S/C36H36F3N5O3/c37-20-13-36(9-2-10-43(36)14-20)17-47-35-41-32-29-33(46-16-26-25-8-7-21(40-25)15-44(26)34(29)42-35)31(39)28(30(32)38)24-12-22(45)11-19-6-5-18-3-1-4-23(18)27(19)24/h5-6,11-12,20-21,25-26,40,45H,1-4,7-10,13-17H2/t20-,21?,25?,26?,36+/m1/s1. The summed E-state index contributed by atoms with van der Waals surface area (Å²) < 4.78 is 61.5. The molecule has 6 aliphatic rings. The Balaban J connectivity index is 1.19. The van der Waals surface area contributed by atoms with Crippen molar-refractivity contribution in [1.82, 2.24) is 20.2 Å². The van der Waals surface area contributed by atoms with E-state index in [1.807, 2.05) is 12.1 Å². The molecule has 0 amide bonds. The van der Waals surface area contributed by atoms with Gasteiger partial charge in [0.15, 0.2) is 17.4 Å². The van der Waals surface area contributed by atoms with E-state index in [1.165, 1.54) is 6.07 Å². The number of nitrogens with one attached hydrogen (secondary N) is 1. The van der Waals surface area contributed by atoms with Crippen molar-refractivity contribution in [3.05, 3.63) is 47.0 Å². The van der Waals surface area contributed by atoms with Crippen LogP contribution in [0.15, 0.2) is 24.3 Å². The van der Waals surface area contributed by atoms with E-state index in [1.54, 1.807) is 6.07 Å². The number of fused-ring (bicyclic) bond motifs is 9. The lowest BCUT2D eigenvalue weighted by molar-refractivity contribution is 0.107. The minimum absolute atomic E-state index is 0.00775. The minimum Gasteiger partial charge on any atom is -0.508 e. The Hall–Kier alpha value is -3.83. The van der Waals surface area contributed by atoms with Gasteiger partial charge in [0.05, 0.1) is 22.5 Å². The Morgan fingerprint density at radius 3 is 2.89 bits per heavy atom. The Kier molecular flexibility index (Phi) is 6.05. The topological polar surface area (TPSA) is 83.0 Å². The molecule has 0 saturated carbocycles. The monoisotopic (exact) mass is 643 g/mol. The average molecular weight is 644 g/mol. The van der Waals surface area contributed by atoms with E-state index in [-0.39, 0.29) is 70.9 Å². The van der Waals surface area contributed by atoms with Crippen LogP contribution in [0, 0.1) is 11.6 Å². The Morgan fingerprint density at radius 1 is 1.06 bits per heavy atom. The van der Waals surface area contributed by atoms with Gasteiger partial charge in [-0.25, -0.2) is 13.2 Å². The first-order valence-corrected chi connectivity index (χ1v) is 17.0. The van der Waals surface area contributed by atoms with Crippen molar-refractivity contribution < 1.29 is 27.8 Å². The van der Waals surface area contributed by atoms with E-state index < -0.39 is 23.3 Å². The van der Waals surface area contributed by atoms with Crippen molar-refractivity contribution in [3.8, 4) is 28.6 Å². The molecule has 244 valence electrons. The number of phenols is 1. The van der Waals surface area contributed by atoms with E-state index in [9.17, 15) is 9.50 Å². The second-order valence-corrected chi connectivity index (χ2v) is 14.5. The largest absolute Gasteiger partial charge is 0.508 e. The molecule has 4 fully saturated rings. The van der Waals surface area contributed by atoms with E-state index in [0.29, 0.717) is 25.3 Å². The van der Waals surface area contributed by atoms with Crippen LogP contribution in [0.3, 0.4) is 0 Å². The third-order valence-electron chi connectivity index (χ3n) is 11.9. The number of rotatable bonds is 4. The van der Waals surface area contributed by atoms with Gasteiger partial charge >= 0.3 is 6.01 Å². The summed E-state index contributed by atoms with van der Waals surface area (Å²) >= 11 is 0. The van der Waals surface area contributed by atoms with E-state index in [2.05, 4.69) is 20.1 Å². The number of hydrogen-bond acceptors (Lipinski definition) is 8. The summed E-state index contributed by atoms with van der Waals surface area (Å²) in [6, 6.07) is 7.24. The maximum atomic E-state index is 17.2. The third-order valence-corrected chi connectivity index (χ3v) is 11.9. The fraction of sp³-hybridized carbons (Fsp3) is 0.500. The van der Waals surface area contributed by atoms with Gasteiger partial charge in [-0.15, -0.1) is 0 Å². The van der Waals surface area contributed by atoms with Gasteiger partial charge < -0.3 is 24.8 Å². The molecule has 0 spiro atoms. The van der Waals surface area contributed by atoms with Crippen LogP contribution in [0.5, 0.6) is 17.5 Å². The lowest BCUT2D eigenvalue weighted by Gasteiger charge is -2.40. The number of piperazine rings is 1. The van der Waals surface area contributed by atoms with Crippen molar-refractivity contribution in [2.75, 3.05) is 37.7 Å². The first-order valence-electron chi connectivity index (χ1n) is 17.0. The van der Waals surface area contributed by atoms with Gasteiger partial charge in [-0.3, -0.25) is 4.90 Å². The van der Waals surface area contributed by atoms with Gasteiger partial charge in [0.25, 0.3) is 0 Å². The third kappa shape index (κ3) is 4.08. The molecule has 1 aromatic heterocycles. The van der Waals surface area contributed by atoms with Crippen LogP contribution in [-0.2, 0) is 12.8 Å². The Bertz CT molecular complexity index is 1990. The molecule has 4 aromatic rings. The minimum atomic E-state index is -0.917. The lowest BCUT2D eigenvalue weighted by atomic mass is 9.91. The van der Waals surface area contributed by atoms with E-state index in [4.69, 9.17) is 14.5 Å². The van der Waals surface area contributed by atoms with Crippen LogP contribution in [0.1, 0.15) is 49.7 Å². The SMILES string of the molecule is Oc1cc(-c2c(F)c3c4c(nc(OC[C@@]56CCCN5C[C@H](F)C6)nc4c2F)N2CC4CCC(N4)C2CO3)c2c3c(ccc2c1)CCC3. The quantitative estimate of drug-likeness (QED) is 0.299. The number of hydrogen-bond donors (Lipinski definition) is 2. The number of aromatic nitrogens is 2. The average Bonchev–Trinajstić information content (AvgIpc) is 3.82. The van der Waals surface area contributed by atoms with Gasteiger partial charge in [-0.05, 0) is 91.1 Å². The predicted molar refractivity (Wildman–Crippen MR) is 171 cm³/mol. The summed E-state index contributed by atoms with van der Waals surface area (Å²) in [5, 5.41) is 16.1. The molecule has 5 aliphatic heterocycles. The molecule has 2 N–H and O–H groups in total. The molecule has 3 unspecified atom stereocenters. The van der Waals surface area contributed by atoms with E-state index in [0.717, 1.165) is 73.4 Å². The van der Waals surface area contributed by atoms with E-state index >= 15 is 8.78 Å². The van der Waals surface area contributed by atoms with Crippen LogP contribution >= 0.6 is 0 Å². The number of ether oxygens (including phenoxy) is 2. The number of benzene rings is 3. The maximum absolute atomic E-state index is 17.2. The highest BCUT2D eigenvalue weighted by molar-refractivity contribution is 6.05. The zero-order valence-electron chi connectivity index (χ0n) is 26.0. The lowest BCUT2D eigenvalue weighted by Crippen LogP contribution is -2.60. The second kappa shape index (κ2) is 10.1. The molecule has 2 bridgehead atoms. The maximum Gasteiger partial charge on any atom is 0.319 e. The number of halogens is 3. The van der Waals surface area contributed by atoms with Crippen LogP contribution in [-0.4, -0.2) is 82.7 Å². The summed E-state index contributed by atoms with van der Waals surface area (Å²) in [6.07, 6.45) is 5.84. The van der Waals surface area contributed by atoms with Crippen molar-refractivity contribution in [3.63, 3.8) is 0 Å². The molecule has 11 heteroatoms. The fourth-order valence-electron chi connectivity index (χ4n) is 9.77. The zero-order valence-corrected chi connectivity index (χ0v) is 26.0. The summed E-state index contributed by atoms with van der Waals surface area (Å²) in [5.41, 5.74) is 1.69. The van der Waals surface area contributed by atoms with Gasteiger partial charge in [-0.1, -0.05) is 12.1 Å². The van der Waals surface area contributed by atoms with Gasteiger partial charge in [0.2, 0.25) is 0 Å². The summed E-state index contributed by atoms with van der Waals surface area (Å²) in [6.45, 7) is 2.21. The first-order chi connectivity index (χ1) is 22.9. The Labute approximate surface area is 269 Å². The van der Waals surface area contributed by atoms with Gasteiger partial charge in [-0.2, -0.15) is 9.97 Å². The number of phenolic OH excluding ortho intramolecular Hbond substituents is 1. The highest BCUT2D eigenvalue weighted by atomic mass is 19.1.